The fourth-order valence-corrected chi connectivity index (χ4v) is 4.87. The summed E-state index contributed by atoms with van der Waals surface area (Å²) in [6, 6.07) is 8.25. The Balaban J connectivity index is 2.12. The molecule has 3 amide bonds. The van der Waals surface area contributed by atoms with E-state index in [-0.39, 0.29) is 36.4 Å². The molecule has 0 spiro atoms. The zero-order valence-electron chi connectivity index (χ0n) is 22.4. The Kier molecular flexibility index (Phi) is 12.5. The molecule has 214 valence electrons. The number of nitrogens with zero attached hydrogens (tertiary/aromatic N) is 2. The zero-order valence-corrected chi connectivity index (χ0v) is 23.3. The molecule has 0 fully saturated rings. The van der Waals surface area contributed by atoms with Crippen molar-refractivity contribution in [1.82, 2.24) is 20.7 Å². The average Bonchev–Trinajstić information content (AvgIpc) is 2.91. The molecule has 5 N–H and O–H groups in total. The van der Waals surface area contributed by atoms with Crippen molar-refractivity contribution in [2.75, 3.05) is 13.3 Å². The Morgan fingerprint density at radius 3 is 2.49 bits per heavy atom. The SMILES string of the molecule is CCCCCC(C(=O)NCNC(=O)c1cccc(-c2ccc(P(=O)(O)O)c(OCC)c2)n1)C(CC)N(O)C=O. The highest BCUT2D eigenvalue weighted by molar-refractivity contribution is 7.60. The van der Waals surface area contributed by atoms with Gasteiger partial charge in [-0.3, -0.25) is 24.2 Å². The second kappa shape index (κ2) is 15.3. The summed E-state index contributed by atoms with van der Waals surface area (Å²) in [5.41, 5.74) is 0.929. The van der Waals surface area contributed by atoms with Gasteiger partial charge in [-0.05, 0) is 44.0 Å². The third-order valence-corrected chi connectivity index (χ3v) is 7.15. The molecule has 1 aromatic heterocycles. The van der Waals surface area contributed by atoms with Crippen LogP contribution in [0.5, 0.6) is 5.75 Å². The molecule has 2 rings (SSSR count). The average molecular weight is 565 g/mol. The third kappa shape index (κ3) is 9.14. The summed E-state index contributed by atoms with van der Waals surface area (Å²) in [5.74, 6) is -1.57. The predicted octanol–water partition coefficient (Wildman–Crippen LogP) is 2.58. The number of carbonyl (C=O) groups is 3. The summed E-state index contributed by atoms with van der Waals surface area (Å²) in [4.78, 5) is 60.2. The number of carbonyl (C=O) groups excluding carboxylic acids is 3. The molecule has 12 nitrogen and oxygen atoms in total. The van der Waals surface area contributed by atoms with Crippen molar-refractivity contribution in [2.45, 2.75) is 58.9 Å². The lowest BCUT2D eigenvalue weighted by Gasteiger charge is -2.29. The van der Waals surface area contributed by atoms with Crippen LogP contribution in [0.1, 0.15) is 63.4 Å². The van der Waals surface area contributed by atoms with E-state index >= 15 is 0 Å². The lowest BCUT2D eigenvalue weighted by Crippen LogP contribution is -2.47. The van der Waals surface area contributed by atoms with Crippen LogP contribution in [-0.2, 0) is 14.2 Å². The molecule has 0 radical (unpaired) electrons. The molecular weight excluding hydrogens is 527 g/mol. The van der Waals surface area contributed by atoms with Crippen LogP contribution in [0.15, 0.2) is 36.4 Å². The molecule has 2 aromatic rings. The van der Waals surface area contributed by atoms with Gasteiger partial charge in [0.2, 0.25) is 12.3 Å². The fraction of sp³-hybridized carbons (Fsp3) is 0.462. The first kappa shape index (κ1) is 31.9. The highest BCUT2D eigenvalue weighted by Crippen LogP contribution is 2.38. The van der Waals surface area contributed by atoms with E-state index in [9.17, 15) is 33.9 Å². The third-order valence-electron chi connectivity index (χ3n) is 6.15. The van der Waals surface area contributed by atoms with Gasteiger partial charge in [-0.1, -0.05) is 45.2 Å². The normalized spacial score (nSPS) is 12.8. The second-order valence-electron chi connectivity index (χ2n) is 8.85. The monoisotopic (exact) mass is 564 g/mol. The Morgan fingerprint density at radius 2 is 1.87 bits per heavy atom. The largest absolute Gasteiger partial charge is 0.493 e. The minimum absolute atomic E-state index is 0.0256. The van der Waals surface area contributed by atoms with E-state index in [1.165, 1.54) is 24.3 Å². The molecule has 1 aromatic carbocycles. The van der Waals surface area contributed by atoms with E-state index in [0.29, 0.717) is 29.2 Å². The van der Waals surface area contributed by atoms with Gasteiger partial charge in [-0.15, -0.1) is 0 Å². The van der Waals surface area contributed by atoms with Crippen LogP contribution in [0.25, 0.3) is 11.3 Å². The van der Waals surface area contributed by atoms with Gasteiger partial charge >= 0.3 is 7.60 Å². The number of hydrogen-bond acceptors (Lipinski definition) is 7. The van der Waals surface area contributed by atoms with Crippen LogP contribution >= 0.6 is 7.60 Å². The summed E-state index contributed by atoms with van der Waals surface area (Å²) in [6.45, 7) is 5.50. The topological polar surface area (TPSA) is 178 Å². The van der Waals surface area contributed by atoms with Gasteiger partial charge in [0.05, 0.1) is 30.9 Å². The lowest BCUT2D eigenvalue weighted by molar-refractivity contribution is -0.168. The van der Waals surface area contributed by atoms with Crippen molar-refractivity contribution < 1.29 is 38.7 Å². The van der Waals surface area contributed by atoms with Gasteiger partial charge in [0.25, 0.3) is 5.91 Å². The lowest BCUT2D eigenvalue weighted by atomic mass is 9.90. The molecule has 0 aliphatic heterocycles. The van der Waals surface area contributed by atoms with Crippen molar-refractivity contribution in [3.05, 3.63) is 42.1 Å². The molecule has 0 saturated heterocycles. The number of hydrogen-bond donors (Lipinski definition) is 5. The maximum Gasteiger partial charge on any atom is 0.359 e. The van der Waals surface area contributed by atoms with Crippen molar-refractivity contribution in [3.8, 4) is 17.0 Å². The van der Waals surface area contributed by atoms with E-state index in [1.807, 2.05) is 6.92 Å². The first-order valence-corrected chi connectivity index (χ1v) is 14.5. The van der Waals surface area contributed by atoms with Crippen LogP contribution in [0.4, 0.5) is 0 Å². The van der Waals surface area contributed by atoms with Gasteiger partial charge in [-0.2, -0.15) is 0 Å². The van der Waals surface area contributed by atoms with E-state index < -0.39 is 31.4 Å². The Hall–Kier alpha value is -3.31. The van der Waals surface area contributed by atoms with Gasteiger partial charge in [0.15, 0.2) is 0 Å². The van der Waals surface area contributed by atoms with Gasteiger partial charge < -0.3 is 25.2 Å². The van der Waals surface area contributed by atoms with Crippen molar-refractivity contribution in [1.29, 1.82) is 0 Å². The number of benzene rings is 1. The number of hydroxylamine groups is 2. The maximum atomic E-state index is 12.9. The van der Waals surface area contributed by atoms with Crippen molar-refractivity contribution in [2.24, 2.45) is 5.92 Å². The van der Waals surface area contributed by atoms with Gasteiger partial charge in [0, 0.05) is 5.56 Å². The minimum atomic E-state index is -4.55. The molecule has 2 atom stereocenters. The molecule has 0 saturated carbocycles. The number of pyridine rings is 1. The number of nitrogens with one attached hydrogen (secondary N) is 2. The fourth-order valence-electron chi connectivity index (χ4n) is 4.19. The quantitative estimate of drug-likeness (QED) is 0.0512. The Morgan fingerprint density at radius 1 is 1.13 bits per heavy atom. The van der Waals surface area contributed by atoms with E-state index in [1.54, 1.807) is 26.0 Å². The zero-order chi connectivity index (χ0) is 29.0. The van der Waals surface area contributed by atoms with Crippen molar-refractivity contribution in [3.63, 3.8) is 0 Å². The molecule has 0 bridgehead atoms. The molecule has 39 heavy (non-hydrogen) atoms. The summed E-state index contributed by atoms with van der Waals surface area (Å²) in [7, 11) is -4.55. The maximum absolute atomic E-state index is 12.9. The number of aromatic nitrogens is 1. The first-order valence-electron chi connectivity index (χ1n) is 12.9. The van der Waals surface area contributed by atoms with E-state index in [0.717, 1.165) is 19.3 Å². The Bertz CT molecular complexity index is 1170. The van der Waals surface area contributed by atoms with E-state index in [2.05, 4.69) is 15.6 Å². The predicted molar refractivity (Wildman–Crippen MR) is 144 cm³/mol. The molecule has 0 aliphatic rings. The highest BCUT2D eigenvalue weighted by Gasteiger charge is 2.30. The standard InChI is InChI=1S/C26H37N4O8P/c1-4-7-8-10-19(22(5-2)30(34)17-31)25(32)27-16-28-26(33)21-12-9-11-20(29-21)18-13-14-24(39(35,36)37)23(15-18)38-6-3/h9,11-15,17,19,22,34H,4-8,10,16H2,1-3H3,(H,27,32)(H,28,33)(H2,35,36,37). The number of amides is 3. The molecule has 2 unspecified atom stereocenters. The molecule has 1 heterocycles. The smallest absolute Gasteiger partial charge is 0.359 e. The molecule has 13 heteroatoms. The van der Waals surface area contributed by atoms with Crippen LogP contribution in [0.2, 0.25) is 0 Å². The van der Waals surface area contributed by atoms with Crippen LogP contribution < -0.4 is 20.7 Å². The summed E-state index contributed by atoms with van der Waals surface area (Å²) < 4.78 is 17.2. The van der Waals surface area contributed by atoms with Crippen molar-refractivity contribution >= 4 is 31.1 Å². The number of unbranched alkanes of at least 4 members (excludes halogenated alkanes) is 2. The number of rotatable bonds is 16. The van der Waals surface area contributed by atoms with Gasteiger partial charge in [0.1, 0.15) is 16.7 Å². The molecule has 0 aliphatic carbocycles. The minimum Gasteiger partial charge on any atom is -0.493 e. The second-order valence-corrected chi connectivity index (χ2v) is 10.4. The summed E-state index contributed by atoms with van der Waals surface area (Å²) in [6.07, 6.45) is 3.74. The highest BCUT2D eigenvalue weighted by atomic mass is 31.2. The van der Waals surface area contributed by atoms with Crippen LogP contribution in [0, 0.1) is 5.92 Å². The first-order chi connectivity index (χ1) is 18.6. The van der Waals surface area contributed by atoms with E-state index in [4.69, 9.17) is 4.74 Å². The van der Waals surface area contributed by atoms with Gasteiger partial charge in [-0.25, -0.2) is 10.0 Å². The molecular formula is C26H37N4O8P. The van der Waals surface area contributed by atoms with Crippen LogP contribution in [-0.4, -0.2) is 62.6 Å². The summed E-state index contributed by atoms with van der Waals surface area (Å²) in [5, 5.41) is 15.5. The van der Waals surface area contributed by atoms with Crippen LogP contribution in [0.3, 0.4) is 0 Å². The number of ether oxygens (including phenoxy) is 1. The summed E-state index contributed by atoms with van der Waals surface area (Å²) >= 11 is 0. The Labute approximate surface area is 227 Å².